The first-order valence-corrected chi connectivity index (χ1v) is 19.4. The van der Waals surface area contributed by atoms with E-state index in [1.54, 1.807) is 24.3 Å². The van der Waals surface area contributed by atoms with Crippen molar-refractivity contribution in [1.29, 1.82) is 0 Å². The first kappa shape index (κ1) is 40.9. The number of phosphoric ester groups is 2. The molecular formula is C25H32N5O20P3. The third kappa shape index (κ3) is 10.5. The minimum Gasteiger partial charge on any atom is -0.387 e. The molecule has 5 rings (SSSR count). The molecule has 2 saturated heterocycles. The molecule has 292 valence electrons. The highest BCUT2D eigenvalue weighted by Crippen LogP contribution is 2.67. The summed E-state index contributed by atoms with van der Waals surface area (Å²) in [6.07, 6.45) is -11.9. The summed E-state index contributed by atoms with van der Waals surface area (Å²) in [5.41, 5.74) is 0.500. The summed E-state index contributed by atoms with van der Waals surface area (Å²) < 4.78 is 66.2. The van der Waals surface area contributed by atoms with Gasteiger partial charge in [0, 0.05) is 18.5 Å². The summed E-state index contributed by atoms with van der Waals surface area (Å²) in [4.78, 5) is 76.6. The van der Waals surface area contributed by atoms with Crippen molar-refractivity contribution < 1.29 is 80.8 Å². The second kappa shape index (κ2) is 16.6. The number of aromatic nitrogens is 4. The quantitative estimate of drug-likeness (QED) is 0.0554. The molecule has 0 saturated carbocycles. The Morgan fingerprint density at radius 3 is 1.79 bits per heavy atom. The summed E-state index contributed by atoms with van der Waals surface area (Å²) in [7, 11) is -17.4. The highest BCUT2D eigenvalue weighted by atomic mass is 31.3. The Balaban J connectivity index is 1.11. The molecule has 2 fully saturated rings. The molecule has 0 amide bonds. The molecule has 53 heavy (non-hydrogen) atoms. The summed E-state index contributed by atoms with van der Waals surface area (Å²) in [5, 5.41) is 41.4. The molecule has 0 aliphatic carbocycles. The van der Waals surface area contributed by atoms with Crippen LogP contribution in [-0.2, 0) is 52.3 Å². The van der Waals surface area contributed by atoms with Crippen LogP contribution >= 0.6 is 23.5 Å². The fourth-order valence-corrected chi connectivity index (χ4v) is 8.43. The fraction of sp³-hybridized carbons (Fsp3) is 0.440. The van der Waals surface area contributed by atoms with Gasteiger partial charge in [-0.05, 0) is 11.6 Å². The first-order valence-electron chi connectivity index (χ1n) is 14.9. The van der Waals surface area contributed by atoms with Crippen LogP contribution in [0.1, 0.15) is 18.0 Å². The molecule has 11 atom stereocenters. The van der Waals surface area contributed by atoms with E-state index in [1.807, 2.05) is 11.1 Å². The highest BCUT2D eigenvalue weighted by molar-refractivity contribution is 7.66. The average molecular weight is 815 g/mol. The van der Waals surface area contributed by atoms with Crippen molar-refractivity contribution in [2.24, 2.45) is 0 Å². The van der Waals surface area contributed by atoms with E-state index >= 15 is 0 Å². The van der Waals surface area contributed by atoms with Gasteiger partial charge in [0.1, 0.15) is 36.6 Å². The normalized spacial score (nSPS) is 29.3. The van der Waals surface area contributed by atoms with Crippen molar-refractivity contribution in [3.05, 3.63) is 91.7 Å². The van der Waals surface area contributed by atoms with Gasteiger partial charge in [-0.1, -0.05) is 30.3 Å². The zero-order valence-electron chi connectivity index (χ0n) is 26.6. The maximum Gasteiger partial charge on any atom is 0.490 e. The predicted molar refractivity (Wildman–Crippen MR) is 170 cm³/mol. The minimum atomic E-state index is -6.01. The Hall–Kier alpha value is -3.29. The number of nitrogens with zero attached hydrogens (tertiary/aromatic N) is 3. The number of aliphatic hydroxyl groups excluding tert-OH is 4. The van der Waals surface area contributed by atoms with Crippen molar-refractivity contribution in [2.45, 2.75) is 55.7 Å². The molecule has 3 unspecified atom stereocenters. The summed E-state index contributed by atoms with van der Waals surface area (Å²) in [6, 6.07) is 11.2. The number of nitrogens with one attached hydrogen (secondary N) is 2. The molecule has 0 bridgehead atoms. The molecule has 1 aromatic carbocycles. The Labute approximate surface area is 295 Å². The summed E-state index contributed by atoms with van der Waals surface area (Å²) >= 11 is 0. The molecule has 4 heterocycles. The van der Waals surface area contributed by atoms with Gasteiger partial charge in [-0.15, -0.1) is 0 Å². The molecule has 3 aromatic rings. The number of ether oxygens (including phenoxy) is 2. The Bertz CT molecular complexity index is 2070. The lowest BCUT2D eigenvalue weighted by Crippen LogP contribution is -2.37. The van der Waals surface area contributed by atoms with Crippen LogP contribution in [0.3, 0.4) is 0 Å². The van der Waals surface area contributed by atoms with Crippen LogP contribution in [-0.4, -0.2) is 104 Å². The summed E-state index contributed by atoms with van der Waals surface area (Å²) in [6.45, 7) is -2.12. The number of H-pyrrole nitrogens is 1. The van der Waals surface area contributed by atoms with Crippen LogP contribution < -0.4 is 22.4 Å². The lowest BCUT2D eigenvalue weighted by atomic mass is 10.1. The van der Waals surface area contributed by atoms with E-state index in [9.17, 15) is 63.2 Å². The Morgan fingerprint density at radius 2 is 1.26 bits per heavy atom. The van der Waals surface area contributed by atoms with Crippen LogP contribution in [0, 0.1) is 0 Å². The lowest BCUT2D eigenvalue weighted by molar-refractivity contribution is -0.0548. The van der Waals surface area contributed by atoms with E-state index in [0.29, 0.717) is 4.57 Å². The van der Waals surface area contributed by atoms with Gasteiger partial charge in [0.2, 0.25) is 0 Å². The largest absolute Gasteiger partial charge is 0.490 e. The predicted octanol–water partition coefficient (Wildman–Crippen LogP) is -2.06. The smallest absolute Gasteiger partial charge is 0.387 e. The molecule has 2 aliphatic heterocycles. The number of benzene rings is 1. The van der Waals surface area contributed by atoms with Crippen molar-refractivity contribution in [2.75, 3.05) is 18.7 Å². The molecule has 25 nitrogen and oxygen atoms in total. The number of rotatable bonds is 16. The molecule has 0 radical (unpaired) electrons. The van der Waals surface area contributed by atoms with Gasteiger partial charge in [-0.25, -0.2) is 28.8 Å². The van der Waals surface area contributed by atoms with Crippen LogP contribution in [0.4, 0.5) is 5.82 Å². The monoisotopic (exact) mass is 815 g/mol. The van der Waals surface area contributed by atoms with Crippen molar-refractivity contribution in [1.82, 2.24) is 19.1 Å². The maximum absolute atomic E-state index is 12.6. The number of hydrogen-bond acceptors (Lipinski definition) is 19. The third-order valence-electron chi connectivity index (χ3n) is 7.38. The SMILES string of the molecule is O=c1ccn([C@@H]2O[C@H](COP(=O)(O)OP(=O)(O)OP(=O)(O)OC[C@H]3O[C@@H](n4ccc(NOCc5ccccc5)nc4=O)[C@H](O)[C@@H]3O)[C@@H](O)[C@H]2O)c(=O)[nH]1. The topological polar surface area (TPSA) is 359 Å². The van der Waals surface area contributed by atoms with Gasteiger partial charge < -0.3 is 44.6 Å². The van der Waals surface area contributed by atoms with Gasteiger partial charge in [0.15, 0.2) is 18.3 Å². The van der Waals surface area contributed by atoms with Gasteiger partial charge in [0.05, 0.1) is 19.8 Å². The standard InChI is InChI=1S/C25H32N5O20P3/c31-17-7-9-30(25(37)27-17)23-21(35)19(33)15(48-23)12-46-52(40,41)50-53(42,43)49-51(38,39)45-11-14-18(32)20(34)22(47-14)29-8-6-16(26-24(29)36)28-44-10-13-4-2-1-3-5-13/h1-9,14-15,18-23,32-35H,10-12H2,(H,38,39)(H,40,41)(H,42,43)(H,26,28,36)(H,27,31,37)/t14-,15-,18-,19-,20-,21-,22-,23-/m1/s1. The number of phosphoric acid groups is 3. The van der Waals surface area contributed by atoms with Crippen molar-refractivity contribution in [3.8, 4) is 0 Å². The van der Waals surface area contributed by atoms with Crippen LogP contribution in [0.15, 0.2) is 69.2 Å². The van der Waals surface area contributed by atoms with Crippen LogP contribution in [0.2, 0.25) is 0 Å². The fourth-order valence-electron chi connectivity index (χ4n) is 4.91. The van der Waals surface area contributed by atoms with E-state index in [4.69, 9.17) is 14.3 Å². The van der Waals surface area contributed by atoms with Crippen molar-refractivity contribution >= 4 is 29.3 Å². The maximum atomic E-state index is 12.6. The second-order valence-corrected chi connectivity index (χ2v) is 15.8. The average Bonchev–Trinajstić information content (AvgIpc) is 3.51. The van der Waals surface area contributed by atoms with E-state index < -0.39 is 103 Å². The first-order chi connectivity index (χ1) is 24.8. The third-order valence-corrected chi connectivity index (χ3v) is 11.6. The number of aliphatic hydroxyl groups is 4. The molecule has 9 N–H and O–H groups in total. The second-order valence-electron chi connectivity index (χ2n) is 11.1. The highest BCUT2D eigenvalue weighted by Gasteiger charge is 2.49. The van der Waals surface area contributed by atoms with Gasteiger partial charge in [0.25, 0.3) is 5.56 Å². The van der Waals surface area contributed by atoms with Crippen LogP contribution in [0.5, 0.6) is 0 Å². The van der Waals surface area contributed by atoms with E-state index in [-0.39, 0.29) is 12.4 Å². The van der Waals surface area contributed by atoms with E-state index in [1.165, 1.54) is 6.07 Å². The zero-order valence-corrected chi connectivity index (χ0v) is 29.2. The van der Waals surface area contributed by atoms with Gasteiger partial charge in [-0.3, -0.25) is 32.8 Å². The van der Waals surface area contributed by atoms with E-state index in [2.05, 4.69) is 28.1 Å². The van der Waals surface area contributed by atoms with E-state index in [0.717, 1.165) is 28.6 Å². The van der Waals surface area contributed by atoms with Gasteiger partial charge in [-0.2, -0.15) is 13.6 Å². The van der Waals surface area contributed by atoms with Crippen LogP contribution in [0.25, 0.3) is 0 Å². The number of aromatic amines is 1. The molecule has 2 aliphatic rings. The van der Waals surface area contributed by atoms with Crippen molar-refractivity contribution in [3.63, 3.8) is 0 Å². The Morgan fingerprint density at radius 1 is 0.736 bits per heavy atom. The molecular weight excluding hydrogens is 783 g/mol. The molecule has 28 heteroatoms. The van der Waals surface area contributed by atoms with Gasteiger partial charge >= 0.3 is 34.8 Å². The number of hydrogen-bond donors (Lipinski definition) is 9. The molecule has 2 aromatic heterocycles. The molecule has 0 spiro atoms. The minimum absolute atomic E-state index is 0.0144. The Kier molecular flexibility index (Phi) is 12.8. The zero-order chi connectivity index (χ0) is 38.7. The summed E-state index contributed by atoms with van der Waals surface area (Å²) in [5.74, 6) is -0.0144. The lowest BCUT2D eigenvalue weighted by Gasteiger charge is -2.21. The number of anilines is 1.